The molecule has 2 aromatic carbocycles. The van der Waals surface area contributed by atoms with Crippen molar-refractivity contribution in [1.29, 1.82) is 5.41 Å². The molecule has 252 valence electrons. The van der Waals surface area contributed by atoms with Crippen molar-refractivity contribution >= 4 is 46.4 Å². The fourth-order valence-electron chi connectivity index (χ4n) is 5.65. The fourth-order valence-corrected chi connectivity index (χ4v) is 5.65. The zero-order chi connectivity index (χ0) is 34.1. The van der Waals surface area contributed by atoms with Crippen molar-refractivity contribution in [1.82, 2.24) is 24.7 Å². The van der Waals surface area contributed by atoms with Gasteiger partial charge in [0.25, 0.3) is 0 Å². The molecule has 3 aromatic rings. The van der Waals surface area contributed by atoms with Gasteiger partial charge in [-0.2, -0.15) is 0 Å². The minimum absolute atomic E-state index is 0.0431. The van der Waals surface area contributed by atoms with Crippen LogP contribution in [0.4, 0.5) is 10.5 Å². The number of rotatable bonds is 13. The van der Waals surface area contributed by atoms with E-state index in [1.807, 2.05) is 60.7 Å². The van der Waals surface area contributed by atoms with Gasteiger partial charge < -0.3 is 29.2 Å². The number of unbranched alkanes of at least 4 members (excludes halogenated alkanes) is 1. The van der Waals surface area contributed by atoms with Crippen molar-refractivity contribution in [3.05, 3.63) is 59.4 Å². The zero-order valence-corrected chi connectivity index (χ0v) is 27.9. The van der Waals surface area contributed by atoms with Crippen LogP contribution in [0.5, 0.6) is 0 Å². The summed E-state index contributed by atoms with van der Waals surface area (Å²) in [4.78, 5) is 58.5. The standard InChI is InChI=1S/C34H45N7O6/c1-6-7-18-47-33(45)38-31(35)23-10-13-25(14-11-23)36-21-28-37-26-19-24(12-15-27(26)40(28)4)34(2,32(44)41-16-8-9-17-41)22-39(3)29(42)20-30(43)46-5/h10-15,19,36H,6-9,16-18,20-22H2,1-5H3,(H2,35,38,45). The highest BCUT2D eigenvalue weighted by atomic mass is 16.5. The van der Waals surface area contributed by atoms with Crippen LogP contribution in [-0.4, -0.2) is 89.5 Å². The second-order valence-corrected chi connectivity index (χ2v) is 12.0. The molecule has 0 saturated carbocycles. The molecule has 0 radical (unpaired) electrons. The van der Waals surface area contributed by atoms with Crippen LogP contribution in [0.3, 0.4) is 0 Å². The topological polar surface area (TPSA) is 159 Å². The molecule has 1 atom stereocenters. The number of hydrogen-bond acceptors (Lipinski definition) is 9. The first-order valence-corrected chi connectivity index (χ1v) is 15.9. The van der Waals surface area contributed by atoms with E-state index in [0.717, 1.165) is 48.3 Å². The molecule has 0 spiro atoms. The lowest BCUT2D eigenvalue weighted by atomic mass is 9.80. The molecule has 4 rings (SSSR count). The number of ether oxygens (including phenoxy) is 2. The number of hydrogen-bond donors (Lipinski definition) is 3. The van der Waals surface area contributed by atoms with Crippen molar-refractivity contribution in [2.24, 2.45) is 7.05 Å². The predicted molar refractivity (Wildman–Crippen MR) is 178 cm³/mol. The van der Waals surface area contributed by atoms with E-state index in [1.54, 1.807) is 19.2 Å². The first kappa shape index (κ1) is 34.9. The molecule has 1 unspecified atom stereocenters. The molecule has 1 fully saturated rings. The van der Waals surface area contributed by atoms with E-state index >= 15 is 0 Å². The Hall–Kier alpha value is -4.94. The fraction of sp³-hybridized carbons (Fsp3) is 0.471. The van der Waals surface area contributed by atoms with Gasteiger partial charge in [-0.3, -0.25) is 25.1 Å². The molecular formula is C34H45N7O6. The lowest BCUT2D eigenvalue weighted by molar-refractivity contribution is -0.147. The van der Waals surface area contributed by atoms with Gasteiger partial charge in [-0.1, -0.05) is 19.4 Å². The number of carbonyl (C=O) groups is 4. The lowest BCUT2D eigenvalue weighted by Gasteiger charge is -2.36. The van der Waals surface area contributed by atoms with Crippen molar-refractivity contribution < 1.29 is 28.7 Å². The largest absolute Gasteiger partial charge is 0.469 e. The number of nitrogens with zero attached hydrogens (tertiary/aromatic N) is 4. The maximum Gasteiger partial charge on any atom is 0.412 e. The average molecular weight is 648 g/mol. The Kier molecular flexibility index (Phi) is 11.6. The molecule has 47 heavy (non-hydrogen) atoms. The number of methoxy groups -OCH3 is 1. The number of anilines is 1. The molecule has 1 aliphatic rings. The number of carbonyl (C=O) groups excluding carboxylic acids is 4. The van der Waals surface area contributed by atoms with Crippen molar-refractivity contribution in [2.45, 2.75) is 57.9 Å². The van der Waals surface area contributed by atoms with Crippen LogP contribution in [0.15, 0.2) is 42.5 Å². The van der Waals surface area contributed by atoms with E-state index < -0.39 is 29.8 Å². The molecule has 2 heterocycles. The average Bonchev–Trinajstić information content (AvgIpc) is 3.71. The first-order valence-electron chi connectivity index (χ1n) is 15.9. The monoisotopic (exact) mass is 647 g/mol. The summed E-state index contributed by atoms with van der Waals surface area (Å²) >= 11 is 0. The first-order chi connectivity index (χ1) is 22.5. The number of nitrogens with one attached hydrogen (secondary N) is 3. The van der Waals surface area contributed by atoms with Crippen LogP contribution in [-0.2, 0) is 42.9 Å². The SMILES string of the molecule is CCCCOC(=O)NC(=N)c1ccc(NCc2nc3cc(C(C)(CN(C)C(=O)CC(=O)OC)C(=O)N4CCCC4)ccc3n2C)cc1. The molecule has 13 nitrogen and oxygen atoms in total. The molecular weight excluding hydrogens is 602 g/mol. The Bertz CT molecular complexity index is 1610. The van der Waals surface area contributed by atoms with Crippen LogP contribution >= 0.6 is 0 Å². The second kappa shape index (κ2) is 15.6. The number of fused-ring (bicyclic) bond motifs is 1. The van der Waals surface area contributed by atoms with Gasteiger partial charge in [0.2, 0.25) is 11.8 Å². The van der Waals surface area contributed by atoms with E-state index in [4.69, 9.17) is 15.1 Å². The lowest BCUT2D eigenvalue weighted by Crippen LogP contribution is -2.51. The predicted octanol–water partition coefficient (Wildman–Crippen LogP) is 3.94. The quantitative estimate of drug-likeness (QED) is 0.0828. The number of amides is 3. The summed E-state index contributed by atoms with van der Waals surface area (Å²) in [6, 6.07) is 12.9. The second-order valence-electron chi connectivity index (χ2n) is 12.0. The Morgan fingerprint density at radius 2 is 1.79 bits per heavy atom. The summed E-state index contributed by atoms with van der Waals surface area (Å²) in [7, 11) is 4.76. The van der Waals surface area contributed by atoms with Crippen LogP contribution in [0.1, 0.15) is 62.9 Å². The third kappa shape index (κ3) is 8.46. The van der Waals surface area contributed by atoms with Gasteiger partial charge in [0.1, 0.15) is 18.1 Å². The molecule has 13 heteroatoms. The number of amidine groups is 1. The summed E-state index contributed by atoms with van der Waals surface area (Å²) in [5.74, 6) is -0.389. The number of aromatic nitrogens is 2. The van der Waals surface area contributed by atoms with Gasteiger partial charge in [-0.05, 0) is 68.1 Å². The van der Waals surface area contributed by atoms with Crippen LogP contribution < -0.4 is 10.6 Å². The minimum Gasteiger partial charge on any atom is -0.469 e. The Morgan fingerprint density at radius 1 is 1.09 bits per heavy atom. The number of aryl methyl sites for hydroxylation is 1. The Balaban J connectivity index is 1.49. The number of alkyl carbamates (subject to hydrolysis) is 1. The molecule has 3 N–H and O–H groups in total. The number of imidazole rings is 1. The number of likely N-dealkylation sites (tertiary alicyclic amines) is 1. The van der Waals surface area contributed by atoms with Crippen molar-refractivity contribution in [3.63, 3.8) is 0 Å². The molecule has 3 amide bonds. The number of esters is 1. The third-order valence-corrected chi connectivity index (χ3v) is 8.56. The van der Waals surface area contributed by atoms with Gasteiger partial charge >= 0.3 is 12.1 Å². The van der Waals surface area contributed by atoms with Gasteiger partial charge in [-0.15, -0.1) is 0 Å². The smallest absolute Gasteiger partial charge is 0.412 e. The number of likely N-dealkylation sites (N-methyl/N-ethyl adjacent to an activating group) is 1. The van der Waals surface area contributed by atoms with Crippen molar-refractivity contribution in [2.75, 3.05) is 45.7 Å². The normalized spacial score (nSPS) is 13.9. The highest BCUT2D eigenvalue weighted by Gasteiger charge is 2.41. The zero-order valence-electron chi connectivity index (χ0n) is 27.9. The summed E-state index contributed by atoms with van der Waals surface area (Å²) in [6.07, 6.45) is 2.51. The van der Waals surface area contributed by atoms with E-state index in [1.165, 1.54) is 12.0 Å². The number of benzene rings is 2. The summed E-state index contributed by atoms with van der Waals surface area (Å²) in [5, 5.41) is 14.0. The third-order valence-electron chi connectivity index (χ3n) is 8.56. The highest BCUT2D eigenvalue weighted by molar-refractivity contribution is 6.04. The van der Waals surface area contributed by atoms with Crippen LogP contribution in [0.25, 0.3) is 11.0 Å². The van der Waals surface area contributed by atoms with Crippen LogP contribution in [0, 0.1) is 5.41 Å². The highest BCUT2D eigenvalue weighted by Crippen LogP contribution is 2.32. The summed E-state index contributed by atoms with van der Waals surface area (Å²) in [6.45, 7) is 6.00. The minimum atomic E-state index is -1.06. The van der Waals surface area contributed by atoms with Crippen molar-refractivity contribution in [3.8, 4) is 0 Å². The van der Waals surface area contributed by atoms with Gasteiger partial charge in [0, 0.05) is 45.0 Å². The van der Waals surface area contributed by atoms with E-state index in [0.29, 0.717) is 37.3 Å². The molecule has 0 aliphatic carbocycles. The maximum atomic E-state index is 14.0. The molecule has 1 aliphatic heterocycles. The Morgan fingerprint density at radius 3 is 2.45 bits per heavy atom. The van der Waals surface area contributed by atoms with Gasteiger partial charge in [0.15, 0.2) is 0 Å². The van der Waals surface area contributed by atoms with Gasteiger partial charge in [0.05, 0.1) is 36.7 Å². The van der Waals surface area contributed by atoms with E-state index in [9.17, 15) is 19.2 Å². The summed E-state index contributed by atoms with van der Waals surface area (Å²) < 4.78 is 11.7. The molecule has 0 bridgehead atoms. The van der Waals surface area contributed by atoms with Gasteiger partial charge in [-0.25, -0.2) is 9.78 Å². The maximum absolute atomic E-state index is 14.0. The Labute approximate surface area is 275 Å². The van der Waals surface area contributed by atoms with E-state index in [-0.39, 0.29) is 18.3 Å². The van der Waals surface area contributed by atoms with E-state index in [2.05, 4.69) is 15.4 Å². The molecule has 1 aromatic heterocycles. The summed E-state index contributed by atoms with van der Waals surface area (Å²) in [5.41, 5.74) is 2.62. The van der Waals surface area contributed by atoms with Crippen LogP contribution in [0.2, 0.25) is 0 Å². The molecule has 1 saturated heterocycles.